The molecule has 2 heterocycles. The normalized spacial score (nSPS) is 11.0. The fourth-order valence-electron chi connectivity index (χ4n) is 3.10. The SMILES string of the molecule is Cc1ccc(-c2cc3cc(-c4ccccc4)c(C)cn3c2)cc1. The predicted molar refractivity (Wildman–Crippen MR) is 97.7 cm³/mol. The van der Waals surface area contributed by atoms with Gasteiger partial charge in [0.15, 0.2) is 0 Å². The zero-order valence-corrected chi connectivity index (χ0v) is 13.5. The molecule has 2 aromatic carbocycles. The first-order valence-electron chi connectivity index (χ1n) is 7.95. The Hall–Kier alpha value is -2.80. The molecule has 23 heavy (non-hydrogen) atoms. The fraction of sp³-hybridized carbons (Fsp3) is 0.0909. The molecule has 4 rings (SSSR count). The van der Waals surface area contributed by atoms with E-state index >= 15 is 0 Å². The number of rotatable bonds is 2. The molecular weight excluding hydrogens is 278 g/mol. The Bertz CT molecular complexity index is 960. The predicted octanol–water partition coefficient (Wildman–Crippen LogP) is 5.89. The molecule has 0 spiro atoms. The molecular formula is C22H19N. The highest BCUT2D eigenvalue weighted by Crippen LogP contribution is 2.29. The van der Waals surface area contributed by atoms with Gasteiger partial charge in [0, 0.05) is 23.5 Å². The van der Waals surface area contributed by atoms with Gasteiger partial charge in [0.2, 0.25) is 0 Å². The summed E-state index contributed by atoms with van der Waals surface area (Å²) in [7, 11) is 0. The molecule has 112 valence electrons. The third-order valence-electron chi connectivity index (χ3n) is 4.40. The summed E-state index contributed by atoms with van der Waals surface area (Å²) in [5.74, 6) is 0. The lowest BCUT2D eigenvalue weighted by Crippen LogP contribution is -1.88. The maximum absolute atomic E-state index is 2.28. The molecule has 1 heteroatoms. The van der Waals surface area contributed by atoms with Crippen LogP contribution in [-0.2, 0) is 0 Å². The number of benzene rings is 2. The van der Waals surface area contributed by atoms with Crippen LogP contribution < -0.4 is 0 Å². The second kappa shape index (κ2) is 5.44. The zero-order valence-electron chi connectivity index (χ0n) is 13.5. The van der Waals surface area contributed by atoms with Crippen LogP contribution in [0.25, 0.3) is 27.8 Å². The number of hydrogen-bond acceptors (Lipinski definition) is 0. The van der Waals surface area contributed by atoms with Gasteiger partial charge in [-0.1, -0.05) is 60.2 Å². The van der Waals surface area contributed by atoms with Gasteiger partial charge < -0.3 is 4.40 Å². The van der Waals surface area contributed by atoms with Crippen molar-refractivity contribution < 1.29 is 0 Å². The molecule has 1 nitrogen and oxygen atoms in total. The first-order valence-corrected chi connectivity index (χ1v) is 7.95. The van der Waals surface area contributed by atoms with Crippen molar-refractivity contribution in [2.45, 2.75) is 13.8 Å². The summed E-state index contributed by atoms with van der Waals surface area (Å²) < 4.78 is 2.22. The van der Waals surface area contributed by atoms with Crippen molar-refractivity contribution in [2.75, 3.05) is 0 Å². The van der Waals surface area contributed by atoms with Crippen LogP contribution in [-0.4, -0.2) is 4.40 Å². The van der Waals surface area contributed by atoms with Gasteiger partial charge >= 0.3 is 0 Å². The molecule has 0 saturated heterocycles. The molecule has 0 saturated carbocycles. The van der Waals surface area contributed by atoms with Gasteiger partial charge in [-0.15, -0.1) is 0 Å². The maximum Gasteiger partial charge on any atom is 0.0462 e. The topological polar surface area (TPSA) is 4.41 Å². The average Bonchev–Trinajstić information content (AvgIpc) is 2.98. The molecule has 0 N–H and O–H groups in total. The molecule has 0 amide bonds. The molecule has 2 aromatic heterocycles. The highest BCUT2D eigenvalue weighted by atomic mass is 14.9. The van der Waals surface area contributed by atoms with E-state index in [1.807, 2.05) is 0 Å². The number of nitrogens with zero attached hydrogens (tertiary/aromatic N) is 1. The molecule has 0 fully saturated rings. The smallest absolute Gasteiger partial charge is 0.0462 e. The molecule has 4 aromatic rings. The largest absolute Gasteiger partial charge is 0.323 e. The van der Waals surface area contributed by atoms with Crippen LogP contribution >= 0.6 is 0 Å². The van der Waals surface area contributed by atoms with Gasteiger partial charge in [0.1, 0.15) is 0 Å². The number of pyridine rings is 1. The average molecular weight is 297 g/mol. The molecule has 0 unspecified atom stereocenters. The highest BCUT2D eigenvalue weighted by molar-refractivity contribution is 5.76. The van der Waals surface area contributed by atoms with Crippen molar-refractivity contribution in [3.05, 3.63) is 90.3 Å². The second-order valence-corrected chi connectivity index (χ2v) is 6.16. The van der Waals surface area contributed by atoms with E-state index in [-0.39, 0.29) is 0 Å². The summed E-state index contributed by atoms with van der Waals surface area (Å²) in [6.45, 7) is 4.29. The van der Waals surface area contributed by atoms with E-state index in [4.69, 9.17) is 0 Å². The van der Waals surface area contributed by atoms with Crippen LogP contribution in [0.1, 0.15) is 11.1 Å². The Labute approximate surface area is 136 Å². The van der Waals surface area contributed by atoms with Crippen LogP contribution in [0.3, 0.4) is 0 Å². The van der Waals surface area contributed by atoms with E-state index in [0.717, 1.165) is 0 Å². The fourth-order valence-corrected chi connectivity index (χ4v) is 3.10. The number of hydrogen-bond donors (Lipinski definition) is 0. The summed E-state index contributed by atoms with van der Waals surface area (Å²) >= 11 is 0. The van der Waals surface area contributed by atoms with Gasteiger partial charge in [-0.2, -0.15) is 0 Å². The van der Waals surface area contributed by atoms with Gasteiger partial charge in [-0.25, -0.2) is 0 Å². The van der Waals surface area contributed by atoms with E-state index in [1.54, 1.807) is 0 Å². The van der Waals surface area contributed by atoms with Crippen molar-refractivity contribution in [1.29, 1.82) is 0 Å². The Kier molecular flexibility index (Phi) is 3.27. The van der Waals surface area contributed by atoms with Crippen LogP contribution in [0.15, 0.2) is 79.1 Å². The molecule has 0 atom stereocenters. The summed E-state index contributed by atoms with van der Waals surface area (Å²) in [6, 6.07) is 23.8. The standard InChI is InChI=1S/C22H19N/c1-16-8-10-18(11-9-16)20-12-21-13-22(17(2)14-23(21)15-20)19-6-4-3-5-7-19/h3-15H,1-2H3. The summed E-state index contributed by atoms with van der Waals surface area (Å²) in [6.07, 6.45) is 4.43. The van der Waals surface area contributed by atoms with Crippen molar-refractivity contribution >= 4 is 5.52 Å². The van der Waals surface area contributed by atoms with Gasteiger partial charge in [0.05, 0.1) is 0 Å². The maximum atomic E-state index is 2.28. The molecule has 0 aliphatic rings. The third-order valence-corrected chi connectivity index (χ3v) is 4.40. The minimum Gasteiger partial charge on any atom is -0.323 e. The summed E-state index contributed by atoms with van der Waals surface area (Å²) in [5, 5.41) is 0. The van der Waals surface area contributed by atoms with Crippen molar-refractivity contribution in [3.63, 3.8) is 0 Å². The Morgan fingerprint density at radius 3 is 2.13 bits per heavy atom. The third kappa shape index (κ3) is 2.55. The van der Waals surface area contributed by atoms with Crippen LogP contribution in [0.4, 0.5) is 0 Å². The van der Waals surface area contributed by atoms with Gasteiger partial charge in [-0.3, -0.25) is 0 Å². The van der Waals surface area contributed by atoms with Crippen molar-refractivity contribution in [2.24, 2.45) is 0 Å². The van der Waals surface area contributed by atoms with Crippen molar-refractivity contribution in [3.8, 4) is 22.3 Å². The van der Waals surface area contributed by atoms with E-state index < -0.39 is 0 Å². The first-order chi connectivity index (χ1) is 11.2. The molecule has 0 aliphatic heterocycles. The van der Waals surface area contributed by atoms with Gasteiger partial charge in [-0.05, 0) is 48.2 Å². The Morgan fingerprint density at radius 2 is 1.39 bits per heavy atom. The molecule has 0 radical (unpaired) electrons. The zero-order chi connectivity index (χ0) is 15.8. The van der Waals surface area contributed by atoms with Gasteiger partial charge in [0.25, 0.3) is 0 Å². The summed E-state index contributed by atoms with van der Waals surface area (Å²) in [4.78, 5) is 0. The van der Waals surface area contributed by atoms with Crippen LogP contribution in [0.2, 0.25) is 0 Å². The number of aromatic nitrogens is 1. The monoisotopic (exact) mass is 297 g/mol. The Balaban J connectivity index is 1.85. The van der Waals surface area contributed by atoms with Crippen LogP contribution in [0, 0.1) is 13.8 Å². The number of fused-ring (bicyclic) bond motifs is 1. The molecule has 0 aliphatic carbocycles. The van der Waals surface area contributed by atoms with E-state index in [0.29, 0.717) is 0 Å². The Morgan fingerprint density at radius 1 is 0.652 bits per heavy atom. The van der Waals surface area contributed by atoms with E-state index in [9.17, 15) is 0 Å². The minimum absolute atomic E-state index is 1.23. The molecule has 0 bridgehead atoms. The number of aryl methyl sites for hydroxylation is 2. The lowest BCUT2D eigenvalue weighted by Gasteiger charge is -2.07. The lowest BCUT2D eigenvalue weighted by molar-refractivity contribution is 1.17. The van der Waals surface area contributed by atoms with E-state index in [2.05, 4.69) is 97.4 Å². The van der Waals surface area contributed by atoms with E-state index in [1.165, 1.54) is 38.9 Å². The minimum atomic E-state index is 1.23. The van der Waals surface area contributed by atoms with Crippen molar-refractivity contribution in [1.82, 2.24) is 4.40 Å². The quantitative estimate of drug-likeness (QED) is 0.434. The second-order valence-electron chi connectivity index (χ2n) is 6.16. The van der Waals surface area contributed by atoms with Crippen LogP contribution in [0.5, 0.6) is 0 Å². The first kappa shape index (κ1) is 13.8. The highest BCUT2D eigenvalue weighted by Gasteiger charge is 2.07. The summed E-state index contributed by atoms with van der Waals surface area (Å²) in [5.41, 5.74) is 8.89. The lowest BCUT2D eigenvalue weighted by atomic mass is 10.0.